The van der Waals surface area contributed by atoms with Crippen LogP contribution >= 0.6 is 11.6 Å². The van der Waals surface area contributed by atoms with Gasteiger partial charge in [0.2, 0.25) is 0 Å². The molecule has 0 unspecified atom stereocenters. The standard InChI is InChI=1S/C22H24ClN5O/c1-16-9-4-6-11-18(16)24-22(29)28(19-12-7-5-10-17(19)23)15-21-26-25-20-13-3-2-8-14-27(20)21/h4-7,9-12H,2-3,8,13-15H2,1H3,(H,24,29). The minimum Gasteiger partial charge on any atom is -0.313 e. The fourth-order valence-corrected chi connectivity index (χ4v) is 3.87. The van der Waals surface area contributed by atoms with E-state index in [1.165, 1.54) is 6.42 Å². The van der Waals surface area contributed by atoms with Crippen molar-refractivity contribution in [3.05, 3.63) is 70.8 Å². The molecule has 0 spiro atoms. The Bertz CT molecular complexity index is 1020. The summed E-state index contributed by atoms with van der Waals surface area (Å²) in [5.74, 6) is 1.78. The van der Waals surface area contributed by atoms with Crippen LogP contribution < -0.4 is 10.2 Å². The molecule has 3 aromatic rings. The Labute approximate surface area is 175 Å². The number of aryl methyl sites for hydroxylation is 2. The molecule has 0 saturated heterocycles. The summed E-state index contributed by atoms with van der Waals surface area (Å²) in [5.41, 5.74) is 2.41. The van der Waals surface area contributed by atoms with E-state index in [4.69, 9.17) is 11.6 Å². The number of hydrogen-bond donors (Lipinski definition) is 1. The molecule has 6 nitrogen and oxygen atoms in total. The Morgan fingerprint density at radius 1 is 1.10 bits per heavy atom. The van der Waals surface area contributed by atoms with Gasteiger partial charge >= 0.3 is 6.03 Å². The van der Waals surface area contributed by atoms with Gasteiger partial charge in [-0.1, -0.05) is 48.4 Å². The first-order chi connectivity index (χ1) is 14.1. The highest BCUT2D eigenvalue weighted by Crippen LogP contribution is 2.28. The first-order valence-corrected chi connectivity index (χ1v) is 10.3. The summed E-state index contributed by atoms with van der Waals surface area (Å²) in [4.78, 5) is 14.9. The topological polar surface area (TPSA) is 63.1 Å². The van der Waals surface area contributed by atoms with Crippen LogP contribution in [0.5, 0.6) is 0 Å². The number of benzene rings is 2. The summed E-state index contributed by atoms with van der Waals surface area (Å²) < 4.78 is 2.15. The Hall–Kier alpha value is -2.86. The number of anilines is 2. The maximum atomic E-state index is 13.3. The van der Waals surface area contributed by atoms with Crippen LogP contribution in [0.3, 0.4) is 0 Å². The Kier molecular flexibility index (Phi) is 5.81. The van der Waals surface area contributed by atoms with Gasteiger partial charge in [-0.25, -0.2) is 4.79 Å². The second-order valence-corrected chi connectivity index (χ2v) is 7.68. The molecule has 2 aromatic carbocycles. The zero-order valence-corrected chi connectivity index (χ0v) is 17.2. The summed E-state index contributed by atoms with van der Waals surface area (Å²) in [6, 6.07) is 14.8. The molecule has 2 heterocycles. The molecule has 1 aliphatic rings. The van der Waals surface area contributed by atoms with Crippen LogP contribution in [-0.4, -0.2) is 20.8 Å². The minimum absolute atomic E-state index is 0.252. The number of hydrogen-bond acceptors (Lipinski definition) is 3. The van der Waals surface area contributed by atoms with Crippen molar-refractivity contribution in [1.82, 2.24) is 14.8 Å². The first-order valence-electron chi connectivity index (χ1n) is 9.93. The molecule has 1 N–H and O–H groups in total. The van der Waals surface area contributed by atoms with Crippen molar-refractivity contribution in [3.63, 3.8) is 0 Å². The molecule has 0 aliphatic carbocycles. The highest BCUT2D eigenvalue weighted by atomic mass is 35.5. The Balaban J connectivity index is 1.66. The molecule has 29 heavy (non-hydrogen) atoms. The van der Waals surface area contributed by atoms with Crippen molar-refractivity contribution in [2.45, 2.75) is 45.7 Å². The van der Waals surface area contributed by atoms with E-state index < -0.39 is 0 Å². The lowest BCUT2D eigenvalue weighted by Gasteiger charge is -2.24. The van der Waals surface area contributed by atoms with E-state index in [9.17, 15) is 4.79 Å². The fourth-order valence-electron chi connectivity index (χ4n) is 3.64. The van der Waals surface area contributed by atoms with Gasteiger partial charge in [-0.05, 0) is 43.5 Å². The van der Waals surface area contributed by atoms with E-state index in [2.05, 4.69) is 20.1 Å². The van der Waals surface area contributed by atoms with Gasteiger partial charge in [-0.2, -0.15) is 0 Å². The molecular formula is C22H24ClN5O. The predicted molar refractivity (Wildman–Crippen MR) is 115 cm³/mol. The van der Waals surface area contributed by atoms with Crippen molar-refractivity contribution in [2.24, 2.45) is 0 Å². The summed E-state index contributed by atoms with van der Waals surface area (Å²) in [5, 5.41) is 12.3. The van der Waals surface area contributed by atoms with E-state index in [0.717, 1.165) is 48.7 Å². The largest absolute Gasteiger partial charge is 0.326 e. The average Bonchev–Trinajstić information content (AvgIpc) is 2.94. The number of amides is 2. The van der Waals surface area contributed by atoms with E-state index >= 15 is 0 Å². The number of para-hydroxylation sites is 2. The van der Waals surface area contributed by atoms with Crippen LogP contribution in [0.25, 0.3) is 0 Å². The average molecular weight is 410 g/mol. The quantitative estimate of drug-likeness (QED) is 0.643. The van der Waals surface area contributed by atoms with E-state index in [-0.39, 0.29) is 6.03 Å². The monoisotopic (exact) mass is 409 g/mol. The van der Waals surface area contributed by atoms with E-state index in [1.807, 2.05) is 49.4 Å². The summed E-state index contributed by atoms with van der Waals surface area (Å²) >= 11 is 6.44. The number of carbonyl (C=O) groups is 1. The molecule has 1 aromatic heterocycles. The van der Waals surface area contributed by atoms with Gasteiger partial charge in [0.15, 0.2) is 5.82 Å². The zero-order chi connectivity index (χ0) is 20.2. The molecule has 0 atom stereocenters. The van der Waals surface area contributed by atoms with Crippen LogP contribution in [-0.2, 0) is 19.5 Å². The number of carbonyl (C=O) groups excluding carboxylic acids is 1. The molecule has 7 heteroatoms. The molecule has 2 amide bonds. The normalized spacial score (nSPS) is 13.4. The summed E-state index contributed by atoms with van der Waals surface area (Å²) in [6.45, 7) is 3.15. The second-order valence-electron chi connectivity index (χ2n) is 7.28. The molecule has 0 radical (unpaired) electrons. The summed E-state index contributed by atoms with van der Waals surface area (Å²) in [6.07, 6.45) is 4.33. The molecular weight excluding hydrogens is 386 g/mol. The number of halogens is 1. The third-order valence-electron chi connectivity index (χ3n) is 5.26. The van der Waals surface area contributed by atoms with Crippen LogP contribution in [0, 0.1) is 6.92 Å². The maximum absolute atomic E-state index is 13.3. The van der Waals surface area contributed by atoms with Crippen LogP contribution in [0.1, 0.15) is 36.5 Å². The van der Waals surface area contributed by atoms with Gasteiger partial charge in [0, 0.05) is 18.7 Å². The lowest BCUT2D eigenvalue weighted by atomic mass is 10.2. The third-order valence-corrected chi connectivity index (χ3v) is 5.58. The number of nitrogens with one attached hydrogen (secondary N) is 1. The van der Waals surface area contributed by atoms with Crippen molar-refractivity contribution in [3.8, 4) is 0 Å². The SMILES string of the molecule is Cc1ccccc1NC(=O)N(Cc1nnc2n1CCCCC2)c1ccccc1Cl. The van der Waals surface area contributed by atoms with Crippen molar-refractivity contribution >= 4 is 29.0 Å². The highest BCUT2D eigenvalue weighted by molar-refractivity contribution is 6.33. The lowest BCUT2D eigenvalue weighted by molar-refractivity contribution is 0.256. The van der Waals surface area contributed by atoms with Crippen LogP contribution in [0.15, 0.2) is 48.5 Å². The number of nitrogens with zero attached hydrogens (tertiary/aromatic N) is 4. The highest BCUT2D eigenvalue weighted by Gasteiger charge is 2.23. The second kappa shape index (κ2) is 8.66. The number of aromatic nitrogens is 3. The lowest BCUT2D eigenvalue weighted by Crippen LogP contribution is -2.36. The van der Waals surface area contributed by atoms with Crippen LogP contribution in [0.4, 0.5) is 16.2 Å². The molecule has 0 fully saturated rings. The van der Waals surface area contributed by atoms with Gasteiger partial charge in [0.1, 0.15) is 5.82 Å². The van der Waals surface area contributed by atoms with Gasteiger partial charge in [0.25, 0.3) is 0 Å². The Morgan fingerprint density at radius 2 is 1.90 bits per heavy atom. The predicted octanol–water partition coefficient (Wildman–Crippen LogP) is 5.21. The first kappa shape index (κ1) is 19.5. The number of rotatable bonds is 4. The van der Waals surface area contributed by atoms with Gasteiger partial charge in [0.05, 0.1) is 17.3 Å². The van der Waals surface area contributed by atoms with Crippen molar-refractivity contribution < 1.29 is 4.79 Å². The van der Waals surface area contributed by atoms with Gasteiger partial charge < -0.3 is 9.88 Å². The van der Waals surface area contributed by atoms with Crippen molar-refractivity contribution in [2.75, 3.05) is 10.2 Å². The molecule has 150 valence electrons. The van der Waals surface area contributed by atoms with Gasteiger partial charge in [-0.15, -0.1) is 10.2 Å². The summed E-state index contributed by atoms with van der Waals surface area (Å²) in [7, 11) is 0. The number of fused-ring (bicyclic) bond motifs is 1. The molecule has 1 aliphatic heterocycles. The smallest absolute Gasteiger partial charge is 0.313 e. The van der Waals surface area contributed by atoms with Crippen LogP contribution in [0.2, 0.25) is 5.02 Å². The molecule has 0 bridgehead atoms. The van der Waals surface area contributed by atoms with E-state index in [0.29, 0.717) is 17.3 Å². The zero-order valence-electron chi connectivity index (χ0n) is 16.4. The minimum atomic E-state index is -0.252. The fraction of sp³-hybridized carbons (Fsp3) is 0.318. The van der Waals surface area contributed by atoms with Crippen molar-refractivity contribution in [1.29, 1.82) is 0 Å². The van der Waals surface area contributed by atoms with Gasteiger partial charge in [-0.3, -0.25) is 4.90 Å². The third kappa shape index (κ3) is 4.27. The maximum Gasteiger partial charge on any atom is 0.326 e. The Morgan fingerprint density at radius 3 is 2.72 bits per heavy atom. The molecule has 4 rings (SSSR count). The molecule has 0 saturated carbocycles. The van der Waals surface area contributed by atoms with E-state index in [1.54, 1.807) is 11.0 Å². The number of urea groups is 1.